The molecule has 0 spiro atoms. The van der Waals surface area contributed by atoms with Crippen molar-refractivity contribution in [1.82, 2.24) is 19.7 Å². The fourth-order valence-corrected chi connectivity index (χ4v) is 1.90. The summed E-state index contributed by atoms with van der Waals surface area (Å²) in [7, 11) is 0. The zero-order valence-corrected chi connectivity index (χ0v) is 11.5. The van der Waals surface area contributed by atoms with Crippen molar-refractivity contribution < 1.29 is 5.11 Å². The molecule has 0 aliphatic carbocycles. The maximum absolute atomic E-state index is 11.9. The Morgan fingerprint density at radius 3 is 3.00 bits per heavy atom. The summed E-state index contributed by atoms with van der Waals surface area (Å²) < 4.78 is 1.57. The molecular weight excluding hydrogens is 314 g/mol. The Balaban J connectivity index is 2.13. The van der Waals surface area contributed by atoms with Crippen LogP contribution in [0, 0.1) is 0 Å². The molecule has 0 atom stereocenters. The molecule has 2 heterocycles. The first-order valence-electron chi connectivity index (χ1n) is 5.57. The average Bonchev–Trinajstić information content (AvgIpc) is 2.44. The van der Waals surface area contributed by atoms with E-state index in [0.717, 1.165) is 5.69 Å². The number of halogens is 1. The van der Waals surface area contributed by atoms with Gasteiger partial charge in [-0.3, -0.25) is 4.79 Å². The van der Waals surface area contributed by atoms with Crippen LogP contribution in [0.25, 0.3) is 0 Å². The van der Waals surface area contributed by atoms with Gasteiger partial charge in [-0.2, -0.15) is 5.10 Å². The second-order valence-electron chi connectivity index (χ2n) is 3.68. The fraction of sp³-hybridized carbons (Fsp3) is 0.273. The molecule has 0 unspecified atom stereocenters. The third-order valence-corrected chi connectivity index (χ3v) is 3.17. The number of nitrogens with zero attached hydrogens (tertiary/aromatic N) is 4. The predicted molar refractivity (Wildman–Crippen MR) is 72.6 cm³/mol. The molecular formula is C11H12BrN5O2. The van der Waals surface area contributed by atoms with Crippen molar-refractivity contribution >= 4 is 21.6 Å². The zero-order chi connectivity index (χ0) is 13.7. The molecule has 0 bridgehead atoms. The molecule has 0 aromatic carbocycles. The normalized spacial score (nSPS) is 10.4. The molecule has 0 radical (unpaired) electrons. The van der Waals surface area contributed by atoms with Crippen LogP contribution in [0.5, 0.6) is 0 Å². The van der Waals surface area contributed by atoms with Crippen molar-refractivity contribution in [2.45, 2.75) is 13.1 Å². The smallest absolute Gasteiger partial charge is 0.283 e. The van der Waals surface area contributed by atoms with Crippen LogP contribution in [0.2, 0.25) is 0 Å². The molecule has 2 N–H and O–H groups in total. The number of hydrogen-bond acceptors (Lipinski definition) is 6. The van der Waals surface area contributed by atoms with Crippen LogP contribution in [0.1, 0.15) is 5.69 Å². The van der Waals surface area contributed by atoms with Crippen LogP contribution in [0.4, 0.5) is 5.69 Å². The maximum atomic E-state index is 11.9. The zero-order valence-electron chi connectivity index (χ0n) is 9.95. The highest BCUT2D eigenvalue weighted by atomic mass is 79.9. The predicted octanol–water partition coefficient (Wildman–Crippen LogP) is 0.400. The van der Waals surface area contributed by atoms with Crippen molar-refractivity contribution in [2.75, 3.05) is 11.9 Å². The Morgan fingerprint density at radius 1 is 1.47 bits per heavy atom. The first-order chi connectivity index (χ1) is 9.22. The lowest BCUT2D eigenvalue weighted by Crippen LogP contribution is -2.25. The van der Waals surface area contributed by atoms with E-state index in [9.17, 15) is 4.79 Å². The lowest BCUT2D eigenvalue weighted by Gasteiger charge is -2.09. The Labute approximate surface area is 117 Å². The molecule has 19 heavy (non-hydrogen) atoms. The van der Waals surface area contributed by atoms with E-state index < -0.39 is 0 Å². The molecule has 0 fully saturated rings. The highest BCUT2D eigenvalue weighted by Crippen LogP contribution is 2.16. The SMILES string of the molecule is O=c1c(Br)c(NCc2ccncn2)cnn1CCO. The van der Waals surface area contributed by atoms with Gasteiger partial charge in [-0.25, -0.2) is 14.6 Å². The second-order valence-corrected chi connectivity index (χ2v) is 4.47. The molecule has 2 rings (SSSR count). The summed E-state index contributed by atoms with van der Waals surface area (Å²) in [5, 5.41) is 15.8. The lowest BCUT2D eigenvalue weighted by atomic mass is 10.4. The van der Waals surface area contributed by atoms with Gasteiger partial charge in [0.1, 0.15) is 10.8 Å². The molecule has 0 aliphatic heterocycles. The largest absolute Gasteiger partial charge is 0.394 e. The summed E-state index contributed by atoms with van der Waals surface area (Å²) in [6.07, 6.45) is 4.64. The van der Waals surface area contributed by atoms with Crippen LogP contribution in [-0.4, -0.2) is 31.5 Å². The highest BCUT2D eigenvalue weighted by Gasteiger charge is 2.08. The van der Waals surface area contributed by atoms with Gasteiger partial charge in [0.2, 0.25) is 0 Å². The first-order valence-corrected chi connectivity index (χ1v) is 6.37. The Hall–Kier alpha value is -1.80. The van der Waals surface area contributed by atoms with E-state index in [1.807, 2.05) is 0 Å². The Morgan fingerprint density at radius 2 is 2.32 bits per heavy atom. The minimum Gasteiger partial charge on any atom is -0.394 e. The van der Waals surface area contributed by atoms with E-state index in [1.165, 1.54) is 17.2 Å². The standard InChI is InChI=1S/C11H12BrN5O2/c12-10-9(6-16-17(3-4-18)11(10)19)14-5-8-1-2-13-7-15-8/h1-2,6-7,14,18H,3-5H2. The number of aliphatic hydroxyl groups is 1. The summed E-state index contributed by atoms with van der Waals surface area (Å²) in [6, 6.07) is 1.78. The topological polar surface area (TPSA) is 92.9 Å². The van der Waals surface area contributed by atoms with Crippen molar-refractivity contribution in [3.8, 4) is 0 Å². The molecule has 0 aliphatic rings. The van der Waals surface area contributed by atoms with Crippen LogP contribution in [0.3, 0.4) is 0 Å². The van der Waals surface area contributed by atoms with Gasteiger partial charge >= 0.3 is 0 Å². The summed E-state index contributed by atoms with van der Waals surface area (Å²) in [5.74, 6) is 0. The third kappa shape index (κ3) is 3.36. The number of nitrogens with one attached hydrogen (secondary N) is 1. The first kappa shape index (κ1) is 13.6. The van der Waals surface area contributed by atoms with Gasteiger partial charge in [-0.1, -0.05) is 0 Å². The Bertz CT molecular complexity index is 602. The molecule has 0 saturated carbocycles. The number of aliphatic hydroxyl groups excluding tert-OH is 1. The van der Waals surface area contributed by atoms with Crippen molar-refractivity contribution in [3.63, 3.8) is 0 Å². The van der Waals surface area contributed by atoms with Gasteiger partial charge in [0.05, 0.1) is 37.3 Å². The van der Waals surface area contributed by atoms with Crippen LogP contribution in [0.15, 0.2) is 34.1 Å². The summed E-state index contributed by atoms with van der Waals surface area (Å²) in [4.78, 5) is 19.8. The number of aromatic nitrogens is 4. The molecule has 0 saturated heterocycles. The fourth-order valence-electron chi connectivity index (χ4n) is 1.45. The summed E-state index contributed by atoms with van der Waals surface area (Å²) in [6.45, 7) is 0.503. The monoisotopic (exact) mass is 325 g/mol. The second kappa shape index (κ2) is 6.39. The number of anilines is 1. The third-order valence-electron chi connectivity index (χ3n) is 2.40. The van der Waals surface area contributed by atoms with Gasteiger partial charge in [0, 0.05) is 6.20 Å². The molecule has 2 aromatic heterocycles. The number of rotatable bonds is 5. The molecule has 100 valence electrons. The van der Waals surface area contributed by atoms with Crippen molar-refractivity contribution in [2.24, 2.45) is 0 Å². The molecule has 0 amide bonds. The van der Waals surface area contributed by atoms with Crippen molar-refractivity contribution in [1.29, 1.82) is 0 Å². The van der Waals surface area contributed by atoms with Crippen LogP contribution >= 0.6 is 15.9 Å². The molecule has 7 nitrogen and oxygen atoms in total. The quantitative estimate of drug-likeness (QED) is 0.826. The van der Waals surface area contributed by atoms with Crippen LogP contribution in [-0.2, 0) is 13.1 Å². The van der Waals surface area contributed by atoms with Crippen LogP contribution < -0.4 is 10.9 Å². The molecule has 8 heteroatoms. The number of hydrogen-bond donors (Lipinski definition) is 2. The van der Waals surface area contributed by atoms with E-state index in [1.54, 1.807) is 12.3 Å². The minimum atomic E-state index is -0.290. The van der Waals surface area contributed by atoms with E-state index in [4.69, 9.17) is 5.11 Å². The Kier molecular flexibility index (Phi) is 4.58. The summed E-state index contributed by atoms with van der Waals surface area (Å²) in [5.41, 5.74) is 1.10. The van der Waals surface area contributed by atoms with Crippen molar-refractivity contribution in [3.05, 3.63) is 45.3 Å². The minimum absolute atomic E-state index is 0.132. The van der Waals surface area contributed by atoms with Gasteiger partial charge in [-0.05, 0) is 22.0 Å². The lowest BCUT2D eigenvalue weighted by molar-refractivity contribution is 0.266. The maximum Gasteiger partial charge on any atom is 0.283 e. The van der Waals surface area contributed by atoms with Gasteiger partial charge in [0.25, 0.3) is 5.56 Å². The molecule has 2 aromatic rings. The average molecular weight is 326 g/mol. The van der Waals surface area contributed by atoms with E-state index in [-0.39, 0.29) is 18.7 Å². The van der Waals surface area contributed by atoms with Gasteiger partial charge < -0.3 is 10.4 Å². The van der Waals surface area contributed by atoms with Gasteiger partial charge in [0.15, 0.2) is 0 Å². The highest BCUT2D eigenvalue weighted by molar-refractivity contribution is 9.10. The van der Waals surface area contributed by atoms with E-state index in [0.29, 0.717) is 16.7 Å². The van der Waals surface area contributed by atoms with E-state index in [2.05, 4.69) is 36.3 Å². The summed E-state index contributed by atoms with van der Waals surface area (Å²) >= 11 is 3.22. The van der Waals surface area contributed by atoms with Gasteiger partial charge in [-0.15, -0.1) is 0 Å². The van der Waals surface area contributed by atoms with E-state index >= 15 is 0 Å².